The molecule has 0 aliphatic carbocycles. The average Bonchev–Trinajstić information content (AvgIpc) is 2.17. The van der Waals surface area contributed by atoms with Gasteiger partial charge in [0.2, 0.25) is 5.91 Å². The highest BCUT2D eigenvalue weighted by atomic mass is 16.1. The number of amides is 1. The number of likely N-dealkylation sites (N-methyl/N-ethyl adjacent to an activating group) is 1. The van der Waals surface area contributed by atoms with Gasteiger partial charge in [-0.3, -0.25) is 4.79 Å². The third-order valence-electron chi connectivity index (χ3n) is 2.75. The van der Waals surface area contributed by atoms with Gasteiger partial charge in [-0.2, -0.15) is 0 Å². The van der Waals surface area contributed by atoms with Crippen molar-refractivity contribution in [2.75, 3.05) is 20.1 Å². The number of carbonyl (C=O) groups excluding carboxylic acids is 1. The minimum Gasteiger partial charge on any atom is -0.351 e. The van der Waals surface area contributed by atoms with Crippen LogP contribution < -0.4 is 5.32 Å². The number of allylic oxidation sites excluding steroid dienone is 1. The van der Waals surface area contributed by atoms with Gasteiger partial charge in [-0.05, 0) is 39.4 Å². The maximum Gasteiger partial charge on any atom is 0.243 e. The van der Waals surface area contributed by atoms with Crippen molar-refractivity contribution in [2.24, 2.45) is 0 Å². The van der Waals surface area contributed by atoms with Gasteiger partial charge < -0.3 is 10.2 Å². The summed E-state index contributed by atoms with van der Waals surface area (Å²) in [6.07, 6.45) is 7.11. The highest BCUT2D eigenvalue weighted by Gasteiger charge is 2.18. The Morgan fingerprint density at radius 3 is 3.00 bits per heavy atom. The van der Waals surface area contributed by atoms with Gasteiger partial charge in [-0.25, -0.2) is 0 Å². The Hall–Kier alpha value is -0.830. The van der Waals surface area contributed by atoms with Crippen LogP contribution in [0.2, 0.25) is 0 Å². The largest absolute Gasteiger partial charge is 0.351 e. The first kappa shape index (κ1) is 11.2. The minimum absolute atomic E-state index is 0.0199. The second kappa shape index (κ2) is 5.81. The maximum absolute atomic E-state index is 11.2. The molecular formula is C11H20N2O. The smallest absolute Gasteiger partial charge is 0.243 e. The SMILES string of the molecule is CC=CC(=O)NCC1CCCCN1C. The molecule has 1 unspecified atom stereocenters. The molecule has 3 nitrogen and oxygen atoms in total. The van der Waals surface area contributed by atoms with E-state index in [0.717, 1.165) is 13.1 Å². The van der Waals surface area contributed by atoms with Crippen LogP contribution in [0.3, 0.4) is 0 Å². The van der Waals surface area contributed by atoms with Crippen molar-refractivity contribution in [2.45, 2.75) is 32.2 Å². The van der Waals surface area contributed by atoms with Crippen molar-refractivity contribution in [3.8, 4) is 0 Å². The van der Waals surface area contributed by atoms with Crippen LogP contribution in [-0.4, -0.2) is 37.0 Å². The van der Waals surface area contributed by atoms with Gasteiger partial charge in [0.15, 0.2) is 0 Å². The lowest BCUT2D eigenvalue weighted by atomic mass is 10.0. The Morgan fingerprint density at radius 1 is 1.57 bits per heavy atom. The van der Waals surface area contributed by atoms with Crippen LogP contribution in [0, 0.1) is 0 Å². The lowest BCUT2D eigenvalue weighted by molar-refractivity contribution is -0.116. The van der Waals surface area contributed by atoms with Crippen LogP contribution in [-0.2, 0) is 4.79 Å². The minimum atomic E-state index is 0.0199. The molecule has 80 valence electrons. The summed E-state index contributed by atoms with van der Waals surface area (Å²) < 4.78 is 0. The van der Waals surface area contributed by atoms with Gasteiger partial charge in [0.05, 0.1) is 0 Å². The number of likely N-dealkylation sites (tertiary alicyclic amines) is 1. The topological polar surface area (TPSA) is 32.3 Å². The predicted molar refractivity (Wildman–Crippen MR) is 58.1 cm³/mol. The Kier molecular flexibility index (Phi) is 4.66. The molecule has 0 saturated carbocycles. The molecule has 0 aromatic heterocycles. The van der Waals surface area contributed by atoms with Crippen LogP contribution in [0.25, 0.3) is 0 Å². The first-order valence-electron chi connectivity index (χ1n) is 5.35. The summed E-state index contributed by atoms with van der Waals surface area (Å²) in [6.45, 7) is 3.79. The van der Waals surface area contributed by atoms with Crippen LogP contribution >= 0.6 is 0 Å². The van der Waals surface area contributed by atoms with Gasteiger partial charge in [-0.1, -0.05) is 12.5 Å². The first-order valence-corrected chi connectivity index (χ1v) is 5.35. The quantitative estimate of drug-likeness (QED) is 0.687. The predicted octanol–water partition coefficient (Wildman–Crippen LogP) is 1.16. The zero-order valence-corrected chi connectivity index (χ0v) is 9.12. The van der Waals surface area contributed by atoms with Gasteiger partial charge in [0.25, 0.3) is 0 Å². The summed E-state index contributed by atoms with van der Waals surface area (Å²) in [5.41, 5.74) is 0. The lowest BCUT2D eigenvalue weighted by Crippen LogP contribution is -2.44. The molecule has 1 aliphatic rings. The number of nitrogens with one attached hydrogen (secondary N) is 1. The molecule has 1 saturated heterocycles. The second-order valence-electron chi connectivity index (χ2n) is 3.88. The Bertz CT molecular complexity index is 213. The average molecular weight is 196 g/mol. The molecule has 14 heavy (non-hydrogen) atoms. The van der Waals surface area contributed by atoms with Crippen molar-refractivity contribution < 1.29 is 4.79 Å². The van der Waals surface area contributed by atoms with Crippen LogP contribution in [0.4, 0.5) is 0 Å². The van der Waals surface area contributed by atoms with Crippen molar-refractivity contribution >= 4 is 5.91 Å². The molecule has 1 rings (SSSR count). The molecule has 1 aliphatic heterocycles. The molecule has 3 heteroatoms. The maximum atomic E-state index is 11.2. The molecule has 0 spiro atoms. The third kappa shape index (κ3) is 3.50. The van der Waals surface area contributed by atoms with E-state index < -0.39 is 0 Å². The van der Waals surface area contributed by atoms with Crippen LogP contribution in [0.1, 0.15) is 26.2 Å². The summed E-state index contributed by atoms with van der Waals surface area (Å²) >= 11 is 0. The number of hydrogen-bond acceptors (Lipinski definition) is 2. The van der Waals surface area contributed by atoms with Crippen molar-refractivity contribution in [1.82, 2.24) is 10.2 Å². The standard InChI is InChI=1S/C11H20N2O/c1-3-6-11(14)12-9-10-7-4-5-8-13(10)2/h3,6,10H,4-5,7-9H2,1-2H3,(H,12,14). The van der Waals surface area contributed by atoms with E-state index in [1.165, 1.54) is 19.3 Å². The lowest BCUT2D eigenvalue weighted by Gasteiger charge is -2.32. The highest BCUT2D eigenvalue weighted by molar-refractivity contribution is 5.87. The molecule has 0 radical (unpaired) electrons. The third-order valence-corrected chi connectivity index (χ3v) is 2.75. The number of nitrogens with zero attached hydrogens (tertiary/aromatic N) is 1. The first-order chi connectivity index (χ1) is 6.74. The van der Waals surface area contributed by atoms with Crippen LogP contribution in [0.5, 0.6) is 0 Å². The summed E-state index contributed by atoms with van der Waals surface area (Å²) in [4.78, 5) is 13.5. The molecule has 1 N–H and O–H groups in total. The monoisotopic (exact) mass is 196 g/mol. The number of hydrogen-bond donors (Lipinski definition) is 1. The number of piperidine rings is 1. The van der Waals surface area contributed by atoms with E-state index in [1.807, 2.05) is 6.92 Å². The van der Waals surface area contributed by atoms with Gasteiger partial charge in [-0.15, -0.1) is 0 Å². The van der Waals surface area contributed by atoms with E-state index in [2.05, 4.69) is 17.3 Å². The Morgan fingerprint density at radius 2 is 2.36 bits per heavy atom. The van der Waals surface area contributed by atoms with E-state index in [0.29, 0.717) is 6.04 Å². The van der Waals surface area contributed by atoms with E-state index in [1.54, 1.807) is 12.2 Å². The van der Waals surface area contributed by atoms with Gasteiger partial charge >= 0.3 is 0 Å². The summed E-state index contributed by atoms with van der Waals surface area (Å²) in [5.74, 6) is 0.0199. The molecule has 0 aromatic rings. The summed E-state index contributed by atoms with van der Waals surface area (Å²) in [5, 5.41) is 2.92. The fourth-order valence-electron chi connectivity index (χ4n) is 1.83. The van der Waals surface area contributed by atoms with E-state index in [9.17, 15) is 4.79 Å². The molecule has 0 bridgehead atoms. The normalized spacial score (nSPS) is 24.0. The van der Waals surface area contributed by atoms with E-state index in [4.69, 9.17) is 0 Å². The molecule has 1 heterocycles. The zero-order chi connectivity index (χ0) is 10.4. The molecule has 1 atom stereocenters. The van der Waals surface area contributed by atoms with Crippen molar-refractivity contribution in [3.05, 3.63) is 12.2 Å². The fourth-order valence-corrected chi connectivity index (χ4v) is 1.83. The molecule has 0 aromatic carbocycles. The number of rotatable bonds is 3. The Balaban J connectivity index is 2.25. The molecule has 1 fully saturated rings. The van der Waals surface area contributed by atoms with E-state index >= 15 is 0 Å². The Labute approximate surface area is 86.2 Å². The van der Waals surface area contributed by atoms with E-state index in [-0.39, 0.29) is 5.91 Å². The zero-order valence-electron chi connectivity index (χ0n) is 9.12. The van der Waals surface area contributed by atoms with Gasteiger partial charge in [0.1, 0.15) is 0 Å². The summed E-state index contributed by atoms with van der Waals surface area (Å²) in [6, 6.07) is 0.526. The molecule has 1 amide bonds. The second-order valence-corrected chi connectivity index (χ2v) is 3.88. The molecular weight excluding hydrogens is 176 g/mol. The highest BCUT2D eigenvalue weighted by Crippen LogP contribution is 2.13. The van der Waals surface area contributed by atoms with Gasteiger partial charge in [0, 0.05) is 12.6 Å². The van der Waals surface area contributed by atoms with Crippen molar-refractivity contribution in [1.29, 1.82) is 0 Å². The fraction of sp³-hybridized carbons (Fsp3) is 0.727. The number of carbonyl (C=O) groups is 1. The summed E-state index contributed by atoms with van der Waals surface area (Å²) in [7, 11) is 2.13. The van der Waals surface area contributed by atoms with Crippen molar-refractivity contribution in [3.63, 3.8) is 0 Å². The van der Waals surface area contributed by atoms with Crippen LogP contribution in [0.15, 0.2) is 12.2 Å².